The van der Waals surface area contributed by atoms with Crippen molar-refractivity contribution < 1.29 is 24.2 Å². The highest BCUT2D eigenvalue weighted by atomic mass is 16.7. The van der Waals surface area contributed by atoms with Gasteiger partial charge in [0.2, 0.25) is 5.91 Å². The van der Waals surface area contributed by atoms with E-state index in [4.69, 9.17) is 9.47 Å². The quantitative estimate of drug-likeness (QED) is 0.625. The molecule has 3 rings (SSSR count). The third-order valence-electron chi connectivity index (χ3n) is 4.18. The average Bonchev–Trinajstić information content (AvgIpc) is 2.53. The van der Waals surface area contributed by atoms with Gasteiger partial charge in [-0.1, -0.05) is 24.3 Å². The lowest BCUT2D eigenvalue weighted by Crippen LogP contribution is -2.41. The molecule has 6 nitrogen and oxygen atoms in total. The van der Waals surface area contributed by atoms with Crippen molar-refractivity contribution >= 4 is 28.5 Å². The highest BCUT2D eigenvalue weighted by Crippen LogP contribution is 2.39. The van der Waals surface area contributed by atoms with Gasteiger partial charge in [0.15, 0.2) is 0 Å². The molecule has 2 aromatic carbocycles. The number of benzene rings is 2. The number of β-amino-alcohol motifs (C(OH)–C–C–N with tert-alkyl or cyclic N) is 1. The molecule has 6 heteroatoms. The molecule has 0 saturated heterocycles. The van der Waals surface area contributed by atoms with E-state index < -0.39 is 17.9 Å². The smallest absolute Gasteiger partial charge is 0.428 e. The predicted octanol–water partition coefficient (Wildman–Crippen LogP) is 3.42. The normalized spacial score (nSPS) is 17.0. The Labute approximate surface area is 152 Å². The van der Waals surface area contributed by atoms with Crippen LogP contribution in [-0.2, 0) is 16.0 Å². The molecule has 1 aliphatic heterocycles. The fourth-order valence-electron chi connectivity index (χ4n) is 3.20. The molecule has 1 aliphatic rings. The summed E-state index contributed by atoms with van der Waals surface area (Å²) in [6, 6.07) is 9.13. The molecule has 1 amide bonds. The van der Waals surface area contributed by atoms with Crippen LogP contribution in [0.4, 0.5) is 10.5 Å². The number of hydrogen-bond donors (Lipinski definition) is 1. The minimum atomic E-state index is -0.798. The standard InChI is InChI=1S/C20H23NO5/c1-12(22)21-11-13(23)9-16-14-7-5-6-8-15(14)18(10-17(16)21)25-19(24)26-20(2,3)4/h5-8,10,13,23H,9,11H2,1-4H3/t13-/m0/s1. The first-order chi connectivity index (χ1) is 12.2. The zero-order chi connectivity index (χ0) is 19.1. The maximum atomic E-state index is 12.1. The minimum Gasteiger partial charge on any atom is -0.428 e. The van der Waals surface area contributed by atoms with E-state index in [2.05, 4.69) is 0 Å². The van der Waals surface area contributed by atoms with E-state index in [0.29, 0.717) is 17.9 Å². The molecule has 0 aromatic heterocycles. The fraction of sp³-hybridized carbons (Fsp3) is 0.400. The summed E-state index contributed by atoms with van der Waals surface area (Å²) in [6.07, 6.45) is -0.993. The van der Waals surface area contributed by atoms with E-state index >= 15 is 0 Å². The Morgan fingerprint density at radius 1 is 1.19 bits per heavy atom. The summed E-state index contributed by atoms with van der Waals surface area (Å²) in [4.78, 5) is 25.7. The number of rotatable bonds is 1. The largest absolute Gasteiger partial charge is 0.514 e. The van der Waals surface area contributed by atoms with Crippen LogP contribution in [0.1, 0.15) is 33.3 Å². The molecule has 138 valence electrons. The number of fused-ring (bicyclic) bond motifs is 3. The van der Waals surface area contributed by atoms with Crippen LogP contribution in [0.15, 0.2) is 30.3 Å². The number of carbonyl (C=O) groups is 2. The summed E-state index contributed by atoms with van der Waals surface area (Å²) >= 11 is 0. The van der Waals surface area contributed by atoms with Crippen LogP contribution in [0, 0.1) is 0 Å². The molecule has 0 spiro atoms. The highest BCUT2D eigenvalue weighted by molar-refractivity contribution is 6.02. The summed E-state index contributed by atoms with van der Waals surface area (Å²) < 4.78 is 10.7. The van der Waals surface area contributed by atoms with Gasteiger partial charge >= 0.3 is 6.16 Å². The molecule has 26 heavy (non-hydrogen) atoms. The zero-order valence-corrected chi connectivity index (χ0v) is 15.4. The van der Waals surface area contributed by atoms with Gasteiger partial charge < -0.3 is 19.5 Å². The van der Waals surface area contributed by atoms with Crippen LogP contribution < -0.4 is 9.64 Å². The average molecular weight is 357 g/mol. The summed E-state index contributed by atoms with van der Waals surface area (Å²) in [5, 5.41) is 11.8. The molecule has 0 fully saturated rings. The number of anilines is 1. The van der Waals surface area contributed by atoms with Crippen LogP contribution in [-0.4, -0.2) is 35.4 Å². The predicted molar refractivity (Wildman–Crippen MR) is 98.5 cm³/mol. The van der Waals surface area contributed by atoms with Gasteiger partial charge in [-0.3, -0.25) is 4.79 Å². The molecular formula is C20H23NO5. The van der Waals surface area contributed by atoms with Crippen LogP contribution in [0.3, 0.4) is 0 Å². The first kappa shape index (κ1) is 18.2. The van der Waals surface area contributed by atoms with E-state index in [1.807, 2.05) is 24.3 Å². The van der Waals surface area contributed by atoms with Crippen molar-refractivity contribution in [3.63, 3.8) is 0 Å². The van der Waals surface area contributed by atoms with Crippen molar-refractivity contribution in [2.45, 2.75) is 45.8 Å². The van der Waals surface area contributed by atoms with Gasteiger partial charge in [0.25, 0.3) is 0 Å². The maximum absolute atomic E-state index is 12.1. The molecule has 0 bridgehead atoms. The SMILES string of the molecule is CC(=O)N1C[C@@H](O)Cc2c1cc(OC(=O)OC(C)(C)C)c1ccccc21. The first-order valence-corrected chi connectivity index (χ1v) is 8.57. The summed E-state index contributed by atoms with van der Waals surface area (Å²) in [7, 11) is 0. The second kappa shape index (κ2) is 6.61. The third kappa shape index (κ3) is 3.65. The van der Waals surface area contributed by atoms with E-state index in [0.717, 1.165) is 16.3 Å². The van der Waals surface area contributed by atoms with E-state index in [9.17, 15) is 14.7 Å². The highest BCUT2D eigenvalue weighted by Gasteiger charge is 2.29. The molecule has 0 unspecified atom stereocenters. The zero-order valence-electron chi connectivity index (χ0n) is 15.4. The Hall–Kier alpha value is -2.60. The summed E-state index contributed by atoms with van der Waals surface area (Å²) in [6.45, 7) is 6.95. The molecule has 1 atom stereocenters. The van der Waals surface area contributed by atoms with Crippen LogP contribution >= 0.6 is 0 Å². The van der Waals surface area contributed by atoms with Crippen molar-refractivity contribution in [3.05, 3.63) is 35.9 Å². The summed E-state index contributed by atoms with van der Waals surface area (Å²) in [5.74, 6) is 0.153. The van der Waals surface area contributed by atoms with E-state index in [1.54, 1.807) is 26.8 Å². The van der Waals surface area contributed by atoms with Gasteiger partial charge in [-0.25, -0.2) is 4.79 Å². The summed E-state index contributed by atoms with van der Waals surface area (Å²) in [5.41, 5.74) is 0.850. The van der Waals surface area contributed by atoms with Crippen molar-refractivity contribution in [2.24, 2.45) is 0 Å². The van der Waals surface area contributed by atoms with Crippen molar-refractivity contribution in [2.75, 3.05) is 11.4 Å². The molecular weight excluding hydrogens is 334 g/mol. The van der Waals surface area contributed by atoms with Gasteiger partial charge in [0.1, 0.15) is 11.4 Å². The van der Waals surface area contributed by atoms with Gasteiger partial charge in [-0.2, -0.15) is 0 Å². The molecule has 0 saturated carbocycles. The fourth-order valence-corrected chi connectivity index (χ4v) is 3.20. The number of hydrogen-bond acceptors (Lipinski definition) is 5. The third-order valence-corrected chi connectivity index (χ3v) is 4.18. The molecule has 1 heterocycles. The van der Waals surface area contributed by atoms with E-state index in [1.165, 1.54) is 11.8 Å². The number of aliphatic hydroxyl groups is 1. The number of aliphatic hydroxyl groups excluding tert-OH is 1. The lowest BCUT2D eigenvalue weighted by atomic mass is 9.93. The van der Waals surface area contributed by atoms with Crippen LogP contribution in [0.2, 0.25) is 0 Å². The maximum Gasteiger partial charge on any atom is 0.514 e. The monoisotopic (exact) mass is 357 g/mol. The Morgan fingerprint density at radius 3 is 2.46 bits per heavy atom. The number of amides is 1. The van der Waals surface area contributed by atoms with Gasteiger partial charge in [-0.05, 0) is 31.7 Å². The van der Waals surface area contributed by atoms with Crippen molar-refractivity contribution in [1.29, 1.82) is 0 Å². The molecule has 1 N–H and O–H groups in total. The topological polar surface area (TPSA) is 76.1 Å². The second-order valence-corrected chi connectivity index (χ2v) is 7.47. The van der Waals surface area contributed by atoms with Crippen LogP contribution in [0.25, 0.3) is 10.8 Å². The number of ether oxygens (including phenoxy) is 2. The molecule has 0 aliphatic carbocycles. The second-order valence-electron chi connectivity index (χ2n) is 7.47. The number of nitrogens with zero attached hydrogens (tertiary/aromatic N) is 1. The van der Waals surface area contributed by atoms with Crippen molar-refractivity contribution in [1.82, 2.24) is 0 Å². The Bertz CT molecular complexity index is 868. The molecule has 0 radical (unpaired) electrons. The van der Waals surface area contributed by atoms with Crippen molar-refractivity contribution in [3.8, 4) is 5.75 Å². The van der Waals surface area contributed by atoms with E-state index in [-0.39, 0.29) is 12.5 Å². The van der Waals surface area contributed by atoms with Gasteiger partial charge in [0, 0.05) is 24.8 Å². The minimum absolute atomic E-state index is 0.177. The number of carbonyl (C=O) groups excluding carboxylic acids is 2. The van der Waals surface area contributed by atoms with Crippen LogP contribution in [0.5, 0.6) is 5.75 Å². The Kier molecular flexibility index (Phi) is 4.63. The molecule has 2 aromatic rings. The Morgan fingerprint density at radius 2 is 1.85 bits per heavy atom. The first-order valence-electron chi connectivity index (χ1n) is 8.57. The van der Waals surface area contributed by atoms with Gasteiger partial charge in [0.05, 0.1) is 18.3 Å². The van der Waals surface area contributed by atoms with Gasteiger partial charge in [-0.15, -0.1) is 0 Å². The lowest BCUT2D eigenvalue weighted by Gasteiger charge is -2.33. The lowest BCUT2D eigenvalue weighted by molar-refractivity contribution is -0.117. The Balaban J connectivity index is 2.12.